The second kappa shape index (κ2) is 11.1. The highest BCUT2D eigenvalue weighted by Crippen LogP contribution is 2.23. The van der Waals surface area contributed by atoms with E-state index in [1.807, 2.05) is 24.3 Å². The van der Waals surface area contributed by atoms with E-state index in [4.69, 9.17) is 19.6 Å². The second-order valence-corrected chi connectivity index (χ2v) is 8.33. The molecule has 4 aromatic rings. The van der Waals surface area contributed by atoms with Crippen molar-refractivity contribution in [1.82, 2.24) is 25.3 Å². The molecule has 3 aromatic heterocycles. The lowest BCUT2D eigenvalue weighted by Crippen LogP contribution is -2.26. The molecule has 37 heavy (non-hydrogen) atoms. The monoisotopic (exact) mass is 503 g/mol. The third kappa shape index (κ3) is 5.88. The van der Waals surface area contributed by atoms with Crippen molar-refractivity contribution in [1.29, 1.82) is 0 Å². The summed E-state index contributed by atoms with van der Waals surface area (Å²) in [6, 6.07) is 11.3. The Kier molecular flexibility index (Phi) is 7.28. The Labute approximate surface area is 211 Å². The molecule has 1 amide bonds. The van der Waals surface area contributed by atoms with Crippen molar-refractivity contribution >= 4 is 23.1 Å². The molecule has 12 heteroatoms. The maximum Gasteiger partial charge on any atom is 0.415 e. The smallest absolute Gasteiger partial charge is 0.415 e. The zero-order chi connectivity index (χ0) is 25.6. The SMILES string of the molecule is NCCOc1cncc(-c2cccc(CNCC[C@H]3CN(c4ccc5ncc(=O)oc5n4)C(=O)O3)c2)n1. The first-order chi connectivity index (χ1) is 18.1. The Morgan fingerprint density at radius 2 is 2.05 bits per heavy atom. The number of pyridine rings is 1. The molecule has 1 aliphatic heterocycles. The third-order valence-electron chi connectivity index (χ3n) is 5.66. The van der Waals surface area contributed by atoms with Crippen LogP contribution in [0.25, 0.3) is 22.5 Å². The van der Waals surface area contributed by atoms with Crippen LogP contribution in [0, 0.1) is 0 Å². The maximum absolute atomic E-state index is 12.4. The van der Waals surface area contributed by atoms with Gasteiger partial charge in [-0.15, -0.1) is 0 Å². The zero-order valence-electron chi connectivity index (χ0n) is 19.9. The molecule has 3 N–H and O–H groups in total. The van der Waals surface area contributed by atoms with Crippen molar-refractivity contribution < 1.29 is 18.7 Å². The van der Waals surface area contributed by atoms with Gasteiger partial charge in [-0.05, 0) is 36.7 Å². The van der Waals surface area contributed by atoms with Crippen LogP contribution in [0.15, 0.2) is 64.2 Å². The van der Waals surface area contributed by atoms with Crippen LogP contribution in [0.1, 0.15) is 12.0 Å². The number of nitrogens with two attached hydrogens (primary N) is 1. The summed E-state index contributed by atoms with van der Waals surface area (Å²) in [7, 11) is 0. The average molecular weight is 504 g/mol. The van der Waals surface area contributed by atoms with Crippen LogP contribution in [-0.4, -0.2) is 58.4 Å². The summed E-state index contributed by atoms with van der Waals surface area (Å²) in [5, 5.41) is 3.39. The number of nitrogens with zero attached hydrogens (tertiary/aromatic N) is 5. The number of hydrogen-bond donors (Lipinski definition) is 2. The Morgan fingerprint density at radius 1 is 1.14 bits per heavy atom. The minimum absolute atomic E-state index is 0.0749. The Hall–Kier alpha value is -4.42. The van der Waals surface area contributed by atoms with E-state index in [-0.39, 0.29) is 11.8 Å². The van der Waals surface area contributed by atoms with E-state index in [9.17, 15) is 9.59 Å². The number of hydrogen-bond acceptors (Lipinski definition) is 11. The van der Waals surface area contributed by atoms with Crippen LogP contribution in [0.2, 0.25) is 0 Å². The molecule has 1 aliphatic rings. The first kappa shape index (κ1) is 24.3. The molecule has 1 fully saturated rings. The standard InChI is InChI=1S/C25H25N7O5/c26-7-9-35-22-13-28-12-20(30-22)17-3-1-2-16(10-17)11-27-8-6-18-15-32(25(34)36-18)21-5-4-19-24(31-21)37-23(33)14-29-19/h1-5,10,12-14,18,27H,6-9,11,15,26H2/t18-/m0/s1. The van der Waals surface area contributed by atoms with E-state index in [0.29, 0.717) is 62.1 Å². The van der Waals surface area contributed by atoms with Gasteiger partial charge in [-0.3, -0.25) is 9.88 Å². The van der Waals surface area contributed by atoms with Crippen LogP contribution in [0.4, 0.5) is 10.6 Å². The molecule has 1 atom stereocenters. The van der Waals surface area contributed by atoms with Crippen molar-refractivity contribution in [3.05, 3.63) is 71.0 Å². The largest absolute Gasteiger partial charge is 0.475 e. The van der Waals surface area contributed by atoms with Crippen LogP contribution in [0.5, 0.6) is 5.88 Å². The molecule has 5 rings (SSSR count). The summed E-state index contributed by atoms with van der Waals surface area (Å²) in [5.41, 5.74) is 8.11. The highest BCUT2D eigenvalue weighted by Gasteiger charge is 2.33. The van der Waals surface area contributed by atoms with Gasteiger partial charge in [0.05, 0.1) is 24.6 Å². The van der Waals surface area contributed by atoms with E-state index >= 15 is 0 Å². The fraction of sp³-hybridized carbons (Fsp3) is 0.280. The maximum atomic E-state index is 12.4. The van der Waals surface area contributed by atoms with E-state index in [1.54, 1.807) is 24.5 Å². The van der Waals surface area contributed by atoms with Crippen LogP contribution in [0.3, 0.4) is 0 Å². The minimum Gasteiger partial charge on any atom is -0.475 e. The number of aromatic nitrogens is 4. The lowest BCUT2D eigenvalue weighted by molar-refractivity contribution is 0.136. The van der Waals surface area contributed by atoms with Gasteiger partial charge in [0.2, 0.25) is 5.88 Å². The van der Waals surface area contributed by atoms with Gasteiger partial charge in [0, 0.05) is 18.7 Å². The second-order valence-electron chi connectivity index (χ2n) is 8.33. The van der Waals surface area contributed by atoms with Gasteiger partial charge in [-0.2, -0.15) is 4.98 Å². The van der Waals surface area contributed by atoms with E-state index in [1.165, 1.54) is 4.90 Å². The average Bonchev–Trinajstić information content (AvgIpc) is 3.30. The van der Waals surface area contributed by atoms with Crippen molar-refractivity contribution in [3.8, 4) is 17.1 Å². The Balaban J connectivity index is 1.14. The zero-order valence-corrected chi connectivity index (χ0v) is 19.9. The quantitative estimate of drug-likeness (QED) is 0.304. The molecule has 0 bridgehead atoms. The number of fused-ring (bicyclic) bond motifs is 1. The summed E-state index contributed by atoms with van der Waals surface area (Å²) in [5.74, 6) is 0.785. The number of cyclic esters (lactones) is 1. The first-order valence-corrected chi connectivity index (χ1v) is 11.8. The predicted molar refractivity (Wildman–Crippen MR) is 134 cm³/mol. The normalized spacial score (nSPS) is 15.2. The van der Waals surface area contributed by atoms with Gasteiger partial charge in [0.15, 0.2) is 0 Å². The topological polar surface area (TPSA) is 159 Å². The highest BCUT2D eigenvalue weighted by atomic mass is 16.6. The minimum atomic E-state index is -0.603. The molecule has 0 spiro atoms. The molecule has 1 saturated heterocycles. The van der Waals surface area contributed by atoms with Crippen molar-refractivity contribution in [2.24, 2.45) is 5.73 Å². The summed E-state index contributed by atoms with van der Waals surface area (Å²) in [6.45, 7) is 2.41. The molecule has 190 valence electrons. The van der Waals surface area contributed by atoms with E-state index in [0.717, 1.165) is 17.3 Å². The van der Waals surface area contributed by atoms with E-state index in [2.05, 4.69) is 25.3 Å². The number of anilines is 1. The molecule has 12 nitrogen and oxygen atoms in total. The van der Waals surface area contributed by atoms with Gasteiger partial charge in [-0.25, -0.2) is 19.6 Å². The molecular weight excluding hydrogens is 478 g/mol. The molecule has 0 radical (unpaired) electrons. The lowest BCUT2D eigenvalue weighted by Gasteiger charge is -2.12. The van der Waals surface area contributed by atoms with Crippen LogP contribution in [-0.2, 0) is 11.3 Å². The lowest BCUT2D eigenvalue weighted by atomic mass is 10.1. The number of carbonyl (C=O) groups is 1. The number of benzene rings is 1. The molecule has 0 unspecified atom stereocenters. The van der Waals surface area contributed by atoms with Gasteiger partial charge >= 0.3 is 11.7 Å². The summed E-state index contributed by atoms with van der Waals surface area (Å²) >= 11 is 0. The summed E-state index contributed by atoms with van der Waals surface area (Å²) < 4.78 is 16.0. The highest BCUT2D eigenvalue weighted by molar-refractivity contribution is 5.89. The van der Waals surface area contributed by atoms with Crippen LogP contribution >= 0.6 is 0 Å². The van der Waals surface area contributed by atoms with Gasteiger partial charge in [-0.1, -0.05) is 18.2 Å². The molecule has 1 aromatic carbocycles. The van der Waals surface area contributed by atoms with Gasteiger partial charge < -0.3 is 24.9 Å². The van der Waals surface area contributed by atoms with Crippen LogP contribution < -0.4 is 26.3 Å². The molecule has 4 heterocycles. The third-order valence-corrected chi connectivity index (χ3v) is 5.66. The van der Waals surface area contributed by atoms with Crippen molar-refractivity contribution in [3.63, 3.8) is 0 Å². The van der Waals surface area contributed by atoms with Crippen molar-refractivity contribution in [2.45, 2.75) is 19.1 Å². The number of ether oxygens (including phenoxy) is 2. The van der Waals surface area contributed by atoms with Gasteiger partial charge in [0.1, 0.15) is 30.2 Å². The fourth-order valence-electron chi connectivity index (χ4n) is 3.91. The first-order valence-electron chi connectivity index (χ1n) is 11.8. The number of amides is 1. The molecule has 0 aliphatic carbocycles. The fourth-order valence-corrected chi connectivity index (χ4v) is 3.91. The van der Waals surface area contributed by atoms with E-state index < -0.39 is 11.7 Å². The number of rotatable bonds is 10. The predicted octanol–water partition coefficient (Wildman–Crippen LogP) is 1.88. The van der Waals surface area contributed by atoms with Gasteiger partial charge in [0.25, 0.3) is 5.71 Å². The molecule has 0 saturated carbocycles. The summed E-state index contributed by atoms with van der Waals surface area (Å²) in [4.78, 5) is 42.2. The summed E-state index contributed by atoms with van der Waals surface area (Å²) in [6.07, 6.45) is 4.17. The number of nitrogens with one attached hydrogen (secondary N) is 1. The Bertz CT molecular complexity index is 1460. The Morgan fingerprint density at radius 3 is 2.95 bits per heavy atom. The molecular formula is C25H25N7O5. The van der Waals surface area contributed by atoms with Crippen molar-refractivity contribution in [2.75, 3.05) is 31.1 Å². The number of carbonyl (C=O) groups excluding carboxylic acids is 1.